The topological polar surface area (TPSA) is 62.1 Å². The number of carbonyl (C=O) groups excluding carboxylic acids is 1. The fourth-order valence-electron chi connectivity index (χ4n) is 1.77. The number of aliphatic imine (C=N–C) groups is 1. The summed E-state index contributed by atoms with van der Waals surface area (Å²) in [5, 5.41) is 11.8. The molecule has 1 aromatic carbocycles. The number of thioether (sulfide) groups is 1. The Morgan fingerprint density at radius 2 is 2.32 bits per heavy atom. The molecule has 1 heterocycles. The van der Waals surface area contributed by atoms with Gasteiger partial charge in [-0.15, -0.1) is 11.8 Å². The predicted molar refractivity (Wildman–Crippen MR) is 75.4 cm³/mol. The third-order valence-corrected chi connectivity index (χ3v) is 3.99. The summed E-state index contributed by atoms with van der Waals surface area (Å²) in [4.78, 5) is 21.1. The Bertz CT molecular complexity index is 531. The Morgan fingerprint density at radius 3 is 2.95 bits per heavy atom. The van der Waals surface area contributed by atoms with E-state index in [1.54, 1.807) is 13.1 Å². The summed E-state index contributed by atoms with van der Waals surface area (Å²) in [6.45, 7) is 1.91. The molecule has 0 aliphatic carbocycles. The maximum absolute atomic E-state index is 11.9. The van der Waals surface area contributed by atoms with Crippen LogP contribution in [0.5, 0.6) is 5.75 Å². The molecule has 1 aliphatic heterocycles. The number of benzene rings is 1. The van der Waals surface area contributed by atoms with Crippen LogP contribution in [0.25, 0.3) is 0 Å². The van der Waals surface area contributed by atoms with Gasteiger partial charge in [0.15, 0.2) is 0 Å². The minimum atomic E-state index is -0.453. The van der Waals surface area contributed by atoms with Crippen molar-refractivity contribution >= 4 is 22.7 Å². The highest BCUT2D eigenvalue weighted by molar-refractivity contribution is 8.14. The molecule has 1 unspecified atom stereocenters. The van der Waals surface area contributed by atoms with Gasteiger partial charge in [-0.2, -0.15) is 0 Å². The molecular formula is C13H16N2O3S. The van der Waals surface area contributed by atoms with Gasteiger partial charge in [-0.25, -0.2) is 5.06 Å². The highest BCUT2D eigenvalue weighted by Gasteiger charge is 2.29. The van der Waals surface area contributed by atoms with E-state index >= 15 is 0 Å². The normalized spacial score (nSPS) is 18.3. The maximum Gasteiger partial charge on any atom is 0.271 e. The van der Waals surface area contributed by atoms with Gasteiger partial charge < -0.3 is 5.11 Å². The lowest BCUT2D eigenvalue weighted by molar-refractivity contribution is -0.169. The fourth-order valence-corrected chi connectivity index (χ4v) is 2.83. The molecule has 102 valence electrons. The molecule has 19 heavy (non-hydrogen) atoms. The second kappa shape index (κ2) is 5.63. The van der Waals surface area contributed by atoms with Crippen molar-refractivity contribution in [1.82, 2.24) is 5.06 Å². The van der Waals surface area contributed by atoms with E-state index in [0.717, 1.165) is 5.56 Å². The molecule has 1 atom stereocenters. The minimum absolute atomic E-state index is 0.184. The SMILES string of the molecule is CON(C)C(=O)C1CSC(c2ccc(C)cc2O)=N1. The van der Waals surface area contributed by atoms with E-state index in [1.807, 2.05) is 19.1 Å². The molecule has 1 aliphatic rings. The van der Waals surface area contributed by atoms with Gasteiger partial charge in [0.05, 0.1) is 7.11 Å². The van der Waals surface area contributed by atoms with E-state index < -0.39 is 6.04 Å². The summed E-state index contributed by atoms with van der Waals surface area (Å²) < 4.78 is 0. The van der Waals surface area contributed by atoms with Crippen LogP contribution < -0.4 is 0 Å². The van der Waals surface area contributed by atoms with E-state index in [0.29, 0.717) is 16.4 Å². The lowest BCUT2D eigenvalue weighted by atomic mass is 10.1. The van der Waals surface area contributed by atoms with Crippen LogP contribution in [0.15, 0.2) is 23.2 Å². The first-order valence-corrected chi connectivity index (χ1v) is 6.83. The quantitative estimate of drug-likeness (QED) is 0.854. The first-order chi connectivity index (χ1) is 9.02. The Kier molecular flexibility index (Phi) is 4.11. The molecule has 5 nitrogen and oxygen atoms in total. The summed E-state index contributed by atoms with van der Waals surface area (Å²) in [7, 11) is 3.00. The molecule has 0 saturated carbocycles. The number of nitrogens with zero attached hydrogens (tertiary/aromatic N) is 2. The second-order valence-electron chi connectivity index (χ2n) is 4.30. The molecule has 1 amide bonds. The van der Waals surface area contributed by atoms with E-state index in [2.05, 4.69) is 4.99 Å². The third-order valence-electron chi connectivity index (χ3n) is 2.90. The summed E-state index contributed by atoms with van der Waals surface area (Å²) in [5.41, 5.74) is 1.66. The van der Waals surface area contributed by atoms with Gasteiger partial charge in [-0.1, -0.05) is 6.07 Å². The Hall–Kier alpha value is -1.53. The molecule has 1 N–H and O–H groups in total. The lowest BCUT2D eigenvalue weighted by Crippen LogP contribution is -2.34. The zero-order valence-electron chi connectivity index (χ0n) is 11.1. The molecular weight excluding hydrogens is 264 g/mol. The van der Waals surface area contributed by atoms with Crippen LogP contribution in [0.4, 0.5) is 0 Å². The Morgan fingerprint density at radius 1 is 1.58 bits per heavy atom. The Balaban J connectivity index is 2.21. The molecule has 1 aromatic rings. The second-order valence-corrected chi connectivity index (χ2v) is 5.31. The maximum atomic E-state index is 11.9. The fraction of sp³-hybridized carbons (Fsp3) is 0.385. The van der Waals surface area contributed by atoms with Crippen molar-refractivity contribution in [1.29, 1.82) is 0 Å². The standard InChI is InChI=1S/C13H16N2O3S/c1-8-4-5-9(11(16)6-8)12-14-10(7-19-12)13(17)15(2)18-3/h4-6,10,16H,7H2,1-3H3. The largest absolute Gasteiger partial charge is 0.507 e. The van der Waals surface area contributed by atoms with Crippen LogP contribution in [0.1, 0.15) is 11.1 Å². The zero-order chi connectivity index (χ0) is 14.0. The number of amides is 1. The minimum Gasteiger partial charge on any atom is -0.507 e. The molecule has 0 aromatic heterocycles. The number of phenols is 1. The molecule has 2 rings (SSSR count). The molecule has 0 spiro atoms. The first kappa shape index (κ1) is 13.9. The highest BCUT2D eigenvalue weighted by Crippen LogP contribution is 2.29. The number of rotatable bonds is 3. The number of hydrogen-bond donors (Lipinski definition) is 1. The van der Waals surface area contributed by atoms with Crippen molar-refractivity contribution in [2.45, 2.75) is 13.0 Å². The van der Waals surface area contributed by atoms with Gasteiger partial charge in [0.25, 0.3) is 5.91 Å². The van der Waals surface area contributed by atoms with Gasteiger partial charge >= 0.3 is 0 Å². The smallest absolute Gasteiger partial charge is 0.271 e. The number of phenolic OH excluding ortho intramolecular Hbond substituents is 1. The van der Waals surface area contributed by atoms with Gasteiger partial charge in [-0.3, -0.25) is 14.6 Å². The van der Waals surface area contributed by atoms with Crippen molar-refractivity contribution in [2.24, 2.45) is 4.99 Å². The average molecular weight is 280 g/mol. The van der Waals surface area contributed by atoms with Crippen LogP contribution >= 0.6 is 11.8 Å². The van der Waals surface area contributed by atoms with Crippen LogP contribution in [0, 0.1) is 6.92 Å². The van der Waals surface area contributed by atoms with E-state index in [-0.39, 0.29) is 11.7 Å². The van der Waals surface area contributed by atoms with E-state index in [4.69, 9.17) is 4.84 Å². The van der Waals surface area contributed by atoms with Gasteiger partial charge in [-0.05, 0) is 24.6 Å². The van der Waals surface area contributed by atoms with Crippen LogP contribution in [0.2, 0.25) is 0 Å². The monoisotopic (exact) mass is 280 g/mol. The number of likely N-dealkylation sites (N-methyl/N-ethyl adjacent to an activating group) is 1. The summed E-state index contributed by atoms with van der Waals surface area (Å²) >= 11 is 1.47. The van der Waals surface area contributed by atoms with Crippen molar-refractivity contribution in [3.63, 3.8) is 0 Å². The number of aromatic hydroxyl groups is 1. The molecule has 6 heteroatoms. The van der Waals surface area contributed by atoms with Crippen molar-refractivity contribution in [3.8, 4) is 5.75 Å². The van der Waals surface area contributed by atoms with Gasteiger partial charge in [0, 0.05) is 18.4 Å². The molecule has 0 radical (unpaired) electrons. The zero-order valence-corrected chi connectivity index (χ0v) is 11.9. The Labute approximate surface area is 116 Å². The molecule has 0 saturated heterocycles. The van der Waals surface area contributed by atoms with Crippen LogP contribution in [-0.4, -0.2) is 47.1 Å². The first-order valence-electron chi connectivity index (χ1n) is 5.85. The number of aryl methyl sites for hydroxylation is 1. The predicted octanol–water partition coefficient (Wildman–Crippen LogP) is 1.58. The highest BCUT2D eigenvalue weighted by atomic mass is 32.2. The van der Waals surface area contributed by atoms with Gasteiger partial charge in [0.2, 0.25) is 0 Å². The molecule has 0 bridgehead atoms. The summed E-state index contributed by atoms with van der Waals surface area (Å²) in [6, 6.07) is 4.97. The van der Waals surface area contributed by atoms with Gasteiger partial charge in [0.1, 0.15) is 16.8 Å². The lowest BCUT2D eigenvalue weighted by Gasteiger charge is -2.15. The number of hydrogen-bond acceptors (Lipinski definition) is 5. The van der Waals surface area contributed by atoms with Crippen molar-refractivity contribution in [3.05, 3.63) is 29.3 Å². The van der Waals surface area contributed by atoms with E-state index in [1.165, 1.54) is 23.9 Å². The third kappa shape index (κ3) is 2.90. The van der Waals surface area contributed by atoms with Crippen LogP contribution in [-0.2, 0) is 9.63 Å². The summed E-state index contributed by atoms with van der Waals surface area (Å²) in [6.07, 6.45) is 0. The average Bonchev–Trinajstić information content (AvgIpc) is 2.86. The van der Waals surface area contributed by atoms with Crippen molar-refractivity contribution < 1.29 is 14.7 Å². The van der Waals surface area contributed by atoms with E-state index in [9.17, 15) is 9.90 Å². The molecule has 0 fully saturated rings. The number of hydroxylamine groups is 2. The number of carbonyl (C=O) groups is 1. The van der Waals surface area contributed by atoms with Crippen molar-refractivity contribution in [2.75, 3.05) is 19.9 Å². The van der Waals surface area contributed by atoms with Crippen LogP contribution in [0.3, 0.4) is 0 Å². The summed E-state index contributed by atoms with van der Waals surface area (Å²) in [5.74, 6) is 0.575.